The third kappa shape index (κ3) is 2.32. The van der Waals surface area contributed by atoms with E-state index >= 15 is 0 Å². The fourth-order valence-electron chi connectivity index (χ4n) is 1.78. The fraction of sp³-hybridized carbons (Fsp3) is 0.273. The van der Waals surface area contributed by atoms with Crippen LogP contribution in [-0.2, 0) is 24.7 Å². The summed E-state index contributed by atoms with van der Waals surface area (Å²) in [6, 6.07) is 4.45. The van der Waals surface area contributed by atoms with Crippen molar-refractivity contribution in [2.24, 2.45) is 0 Å². The number of rotatable bonds is 0. The maximum absolute atomic E-state index is 2.32. The van der Waals surface area contributed by atoms with Crippen LogP contribution < -0.4 is 0 Å². The average molecular weight is 307 g/mol. The van der Waals surface area contributed by atoms with Gasteiger partial charge in [-0.05, 0) is 0 Å². The van der Waals surface area contributed by atoms with Gasteiger partial charge in [0.05, 0.1) is 0 Å². The number of allylic oxidation sites excluding steroid dienone is 1. The number of hydrogen-bond donors (Lipinski definition) is 0. The first-order valence-corrected chi connectivity index (χ1v) is 5.61. The van der Waals surface area contributed by atoms with Gasteiger partial charge in [-0.3, -0.25) is 0 Å². The van der Waals surface area contributed by atoms with Gasteiger partial charge in [-0.25, -0.2) is 0 Å². The van der Waals surface area contributed by atoms with Crippen LogP contribution >= 0.6 is 24.8 Å². The van der Waals surface area contributed by atoms with Crippen molar-refractivity contribution in [2.75, 3.05) is 0 Å². The van der Waals surface area contributed by atoms with Crippen molar-refractivity contribution >= 4 is 30.9 Å². The van der Waals surface area contributed by atoms with Crippen molar-refractivity contribution in [3.63, 3.8) is 0 Å². The predicted molar refractivity (Wildman–Crippen MR) is 62.2 cm³/mol. The predicted octanol–water partition coefficient (Wildman–Crippen LogP) is 3.76. The second kappa shape index (κ2) is 5.49. The Labute approximate surface area is 113 Å². The van der Waals surface area contributed by atoms with Crippen LogP contribution in [0.2, 0.25) is 0 Å². The maximum Gasteiger partial charge on any atom is -0.147 e. The Hall–Kier alpha value is 0.423. The van der Waals surface area contributed by atoms with E-state index in [1.54, 1.807) is 30.3 Å². The summed E-state index contributed by atoms with van der Waals surface area (Å²) >= 11 is 1.60. The van der Waals surface area contributed by atoms with Crippen LogP contribution in [0.25, 0.3) is 6.08 Å². The summed E-state index contributed by atoms with van der Waals surface area (Å²) in [7, 11) is 0. The molecule has 0 saturated carbocycles. The second-order valence-electron chi connectivity index (χ2n) is 3.36. The van der Waals surface area contributed by atoms with Gasteiger partial charge in [0.1, 0.15) is 0 Å². The van der Waals surface area contributed by atoms with Gasteiger partial charge >= 0.3 is 88.7 Å². The topological polar surface area (TPSA) is 0 Å². The van der Waals surface area contributed by atoms with Crippen LogP contribution in [0.3, 0.4) is 0 Å². The van der Waals surface area contributed by atoms with Gasteiger partial charge in [0.25, 0.3) is 0 Å². The van der Waals surface area contributed by atoms with E-state index in [0.717, 1.165) is 0 Å². The van der Waals surface area contributed by atoms with Crippen molar-refractivity contribution in [1.82, 2.24) is 0 Å². The Balaban J connectivity index is 0.000000845. The van der Waals surface area contributed by atoms with Crippen LogP contribution in [0.4, 0.5) is 0 Å². The molecule has 0 amide bonds. The standard InChI is InChI=1S/C11H11.2ClH.Zr/c1-8-6-7-9(2)11-5-3-4-10(8)11;;;/h3-7H,1-2H3;2*1H;. The van der Waals surface area contributed by atoms with E-state index in [2.05, 4.69) is 38.1 Å². The number of aryl methyl sites for hydroxylation is 2. The third-order valence-electron chi connectivity index (χ3n) is 2.49. The molecule has 0 unspecified atom stereocenters. The molecular weight excluding hydrogens is 294 g/mol. The van der Waals surface area contributed by atoms with Crippen LogP contribution in [0.5, 0.6) is 0 Å². The smallest absolute Gasteiger partial charge is 0.147 e. The summed E-state index contributed by atoms with van der Waals surface area (Å²) in [6.07, 6.45) is 4.60. The van der Waals surface area contributed by atoms with Gasteiger partial charge in [0, 0.05) is 0 Å². The molecule has 1 aliphatic rings. The van der Waals surface area contributed by atoms with Crippen LogP contribution in [0.15, 0.2) is 18.2 Å². The molecule has 1 aromatic carbocycles. The Bertz CT molecular complexity index is 359. The van der Waals surface area contributed by atoms with Gasteiger partial charge in [0.15, 0.2) is 0 Å². The first kappa shape index (κ1) is 14.4. The van der Waals surface area contributed by atoms with Gasteiger partial charge in [0.2, 0.25) is 0 Å². The minimum Gasteiger partial charge on any atom is -0.147 e. The van der Waals surface area contributed by atoms with E-state index in [0.29, 0.717) is 3.63 Å². The van der Waals surface area contributed by atoms with Crippen molar-refractivity contribution in [1.29, 1.82) is 0 Å². The van der Waals surface area contributed by atoms with E-state index in [1.165, 1.54) is 16.7 Å². The number of hydrogen-bond acceptors (Lipinski definition) is 0. The Morgan fingerprint density at radius 2 is 1.64 bits per heavy atom. The largest absolute Gasteiger partial charge is 0.147 e. The molecule has 0 radical (unpaired) electrons. The summed E-state index contributed by atoms with van der Waals surface area (Å²) in [4.78, 5) is 0. The molecule has 0 saturated heterocycles. The molecule has 75 valence electrons. The summed E-state index contributed by atoms with van der Waals surface area (Å²) in [5, 5.41) is 0. The van der Waals surface area contributed by atoms with E-state index < -0.39 is 0 Å². The first-order chi connectivity index (χ1) is 5.70. The number of fused-ring (bicyclic) bond motifs is 1. The first-order valence-electron chi connectivity index (χ1n) is 4.19. The second-order valence-corrected chi connectivity index (χ2v) is 4.89. The van der Waals surface area contributed by atoms with E-state index in [4.69, 9.17) is 0 Å². The molecule has 0 fully saturated rings. The molecule has 14 heavy (non-hydrogen) atoms. The molecule has 0 bridgehead atoms. The van der Waals surface area contributed by atoms with Crippen molar-refractivity contribution in [2.45, 2.75) is 17.5 Å². The summed E-state index contributed by atoms with van der Waals surface area (Å²) in [5.74, 6) is 0. The van der Waals surface area contributed by atoms with Crippen LogP contribution in [0, 0.1) is 13.8 Å². The maximum atomic E-state index is 2.32. The number of benzene rings is 1. The summed E-state index contributed by atoms with van der Waals surface area (Å²) in [5.41, 5.74) is 5.89. The molecule has 3 heteroatoms. The monoisotopic (exact) mass is 305 g/mol. The van der Waals surface area contributed by atoms with Crippen molar-refractivity contribution in [3.8, 4) is 0 Å². The summed E-state index contributed by atoms with van der Waals surface area (Å²) < 4.78 is 0.701. The zero-order valence-electron chi connectivity index (χ0n) is 8.20. The van der Waals surface area contributed by atoms with E-state index in [9.17, 15) is 0 Å². The molecule has 1 aromatic rings. The average Bonchev–Trinajstić information content (AvgIpc) is 2.42. The zero-order valence-corrected chi connectivity index (χ0v) is 12.3. The Morgan fingerprint density at radius 3 is 2.21 bits per heavy atom. The van der Waals surface area contributed by atoms with Gasteiger partial charge < -0.3 is 0 Å². The molecule has 0 spiro atoms. The molecular formula is C11H13Cl2Zr. The fourth-order valence-corrected chi connectivity index (χ4v) is 2.96. The van der Waals surface area contributed by atoms with E-state index in [-0.39, 0.29) is 24.8 Å². The minimum absolute atomic E-state index is 0. The van der Waals surface area contributed by atoms with E-state index in [1.807, 2.05) is 0 Å². The van der Waals surface area contributed by atoms with Crippen LogP contribution in [0.1, 0.15) is 25.9 Å². The molecule has 2 rings (SSSR count). The summed E-state index contributed by atoms with van der Waals surface area (Å²) in [6.45, 7) is 4.40. The van der Waals surface area contributed by atoms with Gasteiger partial charge in [-0.1, -0.05) is 0 Å². The molecule has 1 atom stereocenters. The quantitative estimate of drug-likeness (QED) is 0.684. The molecule has 1 aliphatic carbocycles. The third-order valence-corrected chi connectivity index (χ3v) is 3.67. The zero-order chi connectivity index (χ0) is 8.72. The van der Waals surface area contributed by atoms with Gasteiger partial charge in [-0.2, -0.15) is 0 Å². The molecule has 0 nitrogen and oxygen atoms in total. The minimum atomic E-state index is 0. The van der Waals surface area contributed by atoms with Crippen molar-refractivity contribution in [3.05, 3.63) is 40.5 Å². The van der Waals surface area contributed by atoms with Crippen molar-refractivity contribution < 1.29 is 24.7 Å². The normalized spacial score (nSPS) is 16.8. The van der Waals surface area contributed by atoms with Crippen LogP contribution in [-0.4, -0.2) is 0 Å². The Kier molecular flexibility index (Phi) is 5.66. The number of halogens is 2. The molecule has 0 aromatic heterocycles. The molecule has 0 aliphatic heterocycles. The SMILES string of the molecule is Cc1ccc(C)c2c1C=C[C@@H]2[Zr].Cl.Cl. The van der Waals surface area contributed by atoms with Gasteiger partial charge in [-0.15, -0.1) is 24.8 Å². The Morgan fingerprint density at radius 1 is 1.07 bits per heavy atom. The molecule has 0 heterocycles. The molecule has 0 N–H and O–H groups in total.